The van der Waals surface area contributed by atoms with Crippen molar-refractivity contribution in [2.75, 3.05) is 13.7 Å². The summed E-state index contributed by atoms with van der Waals surface area (Å²) in [6.45, 7) is 5.73. The van der Waals surface area contributed by atoms with E-state index in [0.717, 1.165) is 48.4 Å². The van der Waals surface area contributed by atoms with Gasteiger partial charge in [-0.05, 0) is 55.2 Å². The highest BCUT2D eigenvalue weighted by atomic mass is 16.5. The van der Waals surface area contributed by atoms with Crippen molar-refractivity contribution in [2.45, 2.75) is 32.4 Å². The number of allylic oxidation sites excluding steroid dienone is 1. The van der Waals surface area contributed by atoms with Crippen molar-refractivity contribution in [2.24, 2.45) is 0 Å². The first-order valence-corrected chi connectivity index (χ1v) is 11.3. The third-order valence-corrected chi connectivity index (χ3v) is 5.53. The maximum absolute atomic E-state index is 6.06. The average Bonchev–Trinajstić information content (AvgIpc) is 3.21. The molecule has 1 heterocycles. The van der Waals surface area contributed by atoms with Crippen LogP contribution in [0.1, 0.15) is 24.2 Å². The molecule has 1 aromatic heterocycles. The SMILES string of the molecule is C=CCc1ccccc1OCCCCn1c(COc2ccccc2OC)nc2ccccc21. The Hall–Kier alpha value is -3.73. The summed E-state index contributed by atoms with van der Waals surface area (Å²) >= 11 is 0. The Morgan fingerprint density at radius 3 is 2.39 bits per heavy atom. The smallest absolute Gasteiger partial charge is 0.161 e. The van der Waals surface area contributed by atoms with Crippen molar-refractivity contribution in [1.82, 2.24) is 9.55 Å². The molecule has 0 aliphatic carbocycles. The minimum Gasteiger partial charge on any atom is -0.493 e. The maximum atomic E-state index is 6.06. The molecule has 4 aromatic rings. The zero-order valence-corrected chi connectivity index (χ0v) is 19.1. The summed E-state index contributed by atoms with van der Waals surface area (Å²) in [7, 11) is 1.65. The van der Waals surface area contributed by atoms with E-state index in [4.69, 9.17) is 19.2 Å². The fourth-order valence-corrected chi connectivity index (χ4v) is 3.89. The molecule has 0 amide bonds. The second-order valence-corrected chi connectivity index (χ2v) is 7.76. The highest BCUT2D eigenvalue weighted by Gasteiger charge is 2.12. The van der Waals surface area contributed by atoms with Crippen LogP contribution in [0.4, 0.5) is 0 Å². The van der Waals surface area contributed by atoms with E-state index in [1.165, 1.54) is 5.56 Å². The molecule has 5 nitrogen and oxygen atoms in total. The second kappa shape index (κ2) is 11.2. The summed E-state index contributed by atoms with van der Waals surface area (Å²) in [5, 5.41) is 0. The van der Waals surface area contributed by atoms with E-state index in [1.807, 2.05) is 66.7 Å². The molecule has 0 saturated carbocycles. The lowest BCUT2D eigenvalue weighted by atomic mass is 10.1. The van der Waals surface area contributed by atoms with Gasteiger partial charge in [0.1, 0.15) is 18.2 Å². The molecule has 5 heteroatoms. The van der Waals surface area contributed by atoms with Gasteiger partial charge in [0.15, 0.2) is 11.5 Å². The summed E-state index contributed by atoms with van der Waals surface area (Å²) in [6.07, 6.45) is 4.64. The van der Waals surface area contributed by atoms with Gasteiger partial charge < -0.3 is 18.8 Å². The van der Waals surface area contributed by atoms with Crippen molar-refractivity contribution in [3.05, 3.63) is 96.8 Å². The molecule has 0 atom stereocenters. The van der Waals surface area contributed by atoms with Crippen molar-refractivity contribution in [3.63, 3.8) is 0 Å². The minimum absolute atomic E-state index is 0.375. The zero-order chi connectivity index (χ0) is 22.9. The summed E-state index contributed by atoms with van der Waals surface area (Å²) in [5.41, 5.74) is 3.27. The molecule has 0 spiro atoms. The normalized spacial score (nSPS) is 10.8. The molecular weight excluding hydrogens is 412 g/mol. The van der Waals surface area contributed by atoms with E-state index in [2.05, 4.69) is 23.3 Å². The van der Waals surface area contributed by atoms with E-state index in [0.29, 0.717) is 24.7 Å². The van der Waals surface area contributed by atoms with Gasteiger partial charge >= 0.3 is 0 Å². The molecule has 0 fully saturated rings. The number of unbranched alkanes of at least 4 members (excludes halogenated alkanes) is 1. The van der Waals surface area contributed by atoms with E-state index in [9.17, 15) is 0 Å². The highest BCUT2D eigenvalue weighted by molar-refractivity contribution is 5.75. The van der Waals surface area contributed by atoms with Crippen LogP contribution in [0.15, 0.2) is 85.5 Å². The van der Waals surface area contributed by atoms with Crippen LogP contribution in [-0.4, -0.2) is 23.3 Å². The Labute approximate surface area is 195 Å². The topological polar surface area (TPSA) is 45.5 Å². The van der Waals surface area contributed by atoms with Crippen LogP contribution < -0.4 is 14.2 Å². The van der Waals surface area contributed by atoms with E-state index in [1.54, 1.807) is 7.11 Å². The van der Waals surface area contributed by atoms with E-state index < -0.39 is 0 Å². The van der Waals surface area contributed by atoms with Crippen molar-refractivity contribution < 1.29 is 14.2 Å². The molecule has 33 heavy (non-hydrogen) atoms. The first kappa shape index (κ1) is 22.5. The van der Waals surface area contributed by atoms with Crippen LogP contribution in [0.2, 0.25) is 0 Å². The second-order valence-electron chi connectivity index (χ2n) is 7.76. The minimum atomic E-state index is 0.375. The number of fused-ring (bicyclic) bond motifs is 1. The lowest BCUT2D eigenvalue weighted by Gasteiger charge is -2.13. The van der Waals surface area contributed by atoms with E-state index in [-0.39, 0.29) is 0 Å². The molecule has 0 radical (unpaired) electrons. The average molecular weight is 443 g/mol. The monoisotopic (exact) mass is 442 g/mol. The number of ether oxygens (including phenoxy) is 3. The van der Waals surface area contributed by atoms with Crippen molar-refractivity contribution in [3.8, 4) is 17.2 Å². The van der Waals surface area contributed by atoms with Crippen molar-refractivity contribution in [1.29, 1.82) is 0 Å². The number of benzene rings is 3. The Balaban J connectivity index is 1.39. The fraction of sp³-hybridized carbons (Fsp3) is 0.250. The van der Waals surface area contributed by atoms with Gasteiger partial charge in [-0.2, -0.15) is 0 Å². The molecule has 4 rings (SSSR count). The number of para-hydroxylation sites is 5. The number of hydrogen-bond acceptors (Lipinski definition) is 4. The number of nitrogens with zero attached hydrogens (tertiary/aromatic N) is 2. The van der Waals surface area contributed by atoms with Crippen molar-refractivity contribution >= 4 is 11.0 Å². The molecule has 170 valence electrons. The zero-order valence-electron chi connectivity index (χ0n) is 19.1. The van der Waals surface area contributed by atoms with Crippen LogP contribution in [0.5, 0.6) is 17.2 Å². The largest absolute Gasteiger partial charge is 0.493 e. The quantitative estimate of drug-likeness (QED) is 0.193. The molecule has 0 N–H and O–H groups in total. The van der Waals surface area contributed by atoms with Gasteiger partial charge in [-0.1, -0.05) is 48.5 Å². The summed E-state index contributed by atoms with van der Waals surface area (Å²) in [6, 6.07) is 24.0. The van der Waals surface area contributed by atoms with Gasteiger partial charge in [-0.25, -0.2) is 4.98 Å². The summed E-state index contributed by atoms with van der Waals surface area (Å²) in [5.74, 6) is 3.27. The first-order chi connectivity index (χ1) is 16.3. The summed E-state index contributed by atoms with van der Waals surface area (Å²) < 4.78 is 19.8. The van der Waals surface area contributed by atoms with Crippen LogP contribution in [-0.2, 0) is 19.6 Å². The standard InChI is InChI=1S/C28H30N2O3/c1-3-12-22-13-4-7-16-25(22)32-20-11-10-19-30-24-15-6-5-14-23(24)29-28(30)21-33-27-18-9-8-17-26(27)31-2/h3-9,13-18H,1,10-12,19-21H2,2H3. The van der Waals surface area contributed by atoms with E-state index >= 15 is 0 Å². The number of methoxy groups -OCH3 is 1. The number of rotatable bonds is 12. The predicted octanol–water partition coefficient (Wildman–Crippen LogP) is 6.21. The van der Waals surface area contributed by atoms with Crippen LogP contribution in [0, 0.1) is 0 Å². The number of aryl methyl sites for hydroxylation is 1. The predicted molar refractivity (Wildman–Crippen MR) is 132 cm³/mol. The van der Waals surface area contributed by atoms with Crippen LogP contribution in [0.3, 0.4) is 0 Å². The van der Waals surface area contributed by atoms with Gasteiger partial charge in [-0.3, -0.25) is 0 Å². The third kappa shape index (κ3) is 5.55. The number of aromatic nitrogens is 2. The Kier molecular flexibility index (Phi) is 7.64. The third-order valence-electron chi connectivity index (χ3n) is 5.53. The molecule has 0 saturated heterocycles. The molecule has 0 aliphatic heterocycles. The number of imidazole rings is 1. The fourth-order valence-electron chi connectivity index (χ4n) is 3.89. The van der Waals surface area contributed by atoms with Crippen LogP contribution >= 0.6 is 0 Å². The van der Waals surface area contributed by atoms with Gasteiger partial charge in [0.05, 0.1) is 24.8 Å². The first-order valence-electron chi connectivity index (χ1n) is 11.3. The molecule has 0 unspecified atom stereocenters. The maximum Gasteiger partial charge on any atom is 0.161 e. The molecular formula is C28H30N2O3. The van der Waals surface area contributed by atoms with Gasteiger partial charge in [0.25, 0.3) is 0 Å². The van der Waals surface area contributed by atoms with Gasteiger partial charge in [-0.15, -0.1) is 6.58 Å². The van der Waals surface area contributed by atoms with Gasteiger partial charge in [0, 0.05) is 6.54 Å². The summed E-state index contributed by atoms with van der Waals surface area (Å²) in [4.78, 5) is 4.82. The Bertz CT molecular complexity index is 1200. The van der Waals surface area contributed by atoms with Crippen LogP contribution in [0.25, 0.3) is 11.0 Å². The molecule has 0 aliphatic rings. The lowest BCUT2D eigenvalue weighted by Crippen LogP contribution is -2.09. The number of hydrogen-bond donors (Lipinski definition) is 0. The Morgan fingerprint density at radius 2 is 1.58 bits per heavy atom. The molecule has 3 aromatic carbocycles. The molecule has 0 bridgehead atoms. The lowest BCUT2D eigenvalue weighted by molar-refractivity contribution is 0.269. The van der Waals surface area contributed by atoms with Gasteiger partial charge in [0.2, 0.25) is 0 Å². The Morgan fingerprint density at radius 1 is 0.848 bits per heavy atom. The highest BCUT2D eigenvalue weighted by Crippen LogP contribution is 2.27.